The van der Waals surface area contributed by atoms with Crippen molar-refractivity contribution < 1.29 is 0 Å². The molecule has 2 atom stereocenters. The number of hydrogen-bond donors (Lipinski definition) is 0. The minimum Gasteiger partial charge on any atom is -0.123 e. The summed E-state index contributed by atoms with van der Waals surface area (Å²) >= 11 is 5.92. The lowest BCUT2D eigenvalue weighted by atomic mass is 9.98. The molecule has 0 fully saturated rings. The molecule has 0 aliphatic heterocycles. The molecule has 0 rings (SSSR count). The van der Waals surface area contributed by atoms with Gasteiger partial charge in [0.05, 0.1) is 0 Å². The molecule has 0 spiro atoms. The molecule has 0 nitrogen and oxygen atoms in total. The molecule has 0 radical (unpaired) electrons. The molecule has 0 bridgehead atoms. The molecule has 1 heteroatoms. The predicted molar refractivity (Wildman–Crippen MR) is 44.0 cm³/mol. The molecule has 0 aliphatic rings. The van der Waals surface area contributed by atoms with Crippen molar-refractivity contribution in [3.63, 3.8) is 0 Å². The second-order valence-corrected chi connectivity index (χ2v) is 3.32. The third-order valence-electron chi connectivity index (χ3n) is 1.83. The van der Waals surface area contributed by atoms with Crippen LogP contribution in [0.5, 0.6) is 0 Å². The molecule has 0 saturated carbocycles. The van der Waals surface area contributed by atoms with Gasteiger partial charge < -0.3 is 0 Å². The van der Waals surface area contributed by atoms with Gasteiger partial charge in [-0.3, -0.25) is 0 Å². The Morgan fingerprint density at radius 3 is 2.00 bits per heavy atom. The van der Waals surface area contributed by atoms with Gasteiger partial charge in [-0.1, -0.05) is 26.7 Å². The monoisotopic (exact) mass is 148 g/mol. The number of alkyl halides is 1. The van der Waals surface area contributed by atoms with Crippen LogP contribution in [0.3, 0.4) is 0 Å². The number of hydrogen-bond acceptors (Lipinski definition) is 0. The van der Waals surface area contributed by atoms with E-state index in [-0.39, 0.29) is 0 Å². The molecule has 0 amide bonds. The molecule has 9 heavy (non-hydrogen) atoms. The first-order valence-corrected chi connectivity index (χ1v) is 4.30. The van der Waals surface area contributed by atoms with Crippen molar-refractivity contribution in [2.75, 3.05) is 0 Å². The van der Waals surface area contributed by atoms with Gasteiger partial charge in [0, 0.05) is 5.38 Å². The van der Waals surface area contributed by atoms with Gasteiger partial charge in [0.25, 0.3) is 0 Å². The zero-order chi connectivity index (χ0) is 7.28. The number of halogens is 1. The van der Waals surface area contributed by atoms with Gasteiger partial charge in [-0.25, -0.2) is 0 Å². The van der Waals surface area contributed by atoms with Crippen molar-refractivity contribution in [1.29, 1.82) is 0 Å². The average Bonchev–Trinajstić information content (AvgIpc) is 1.82. The van der Waals surface area contributed by atoms with Crippen molar-refractivity contribution >= 4 is 11.6 Å². The Morgan fingerprint density at radius 2 is 1.89 bits per heavy atom. The Kier molecular flexibility index (Phi) is 5.27. The van der Waals surface area contributed by atoms with Crippen LogP contribution < -0.4 is 0 Å². The fourth-order valence-corrected chi connectivity index (χ4v) is 1.43. The molecular weight excluding hydrogens is 132 g/mol. The fourth-order valence-electron chi connectivity index (χ4n) is 1.13. The Hall–Kier alpha value is 0.290. The second-order valence-electron chi connectivity index (χ2n) is 2.63. The first kappa shape index (κ1) is 9.29. The smallest absolute Gasteiger partial charge is 0.0335 e. The van der Waals surface area contributed by atoms with Crippen LogP contribution in [0.15, 0.2) is 0 Å². The second kappa shape index (κ2) is 5.10. The van der Waals surface area contributed by atoms with E-state index in [9.17, 15) is 0 Å². The largest absolute Gasteiger partial charge is 0.123 e. The van der Waals surface area contributed by atoms with Gasteiger partial charge in [0.15, 0.2) is 0 Å². The van der Waals surface area contributed by atoms with Crippen molar-refractivity contribution in [3.05, 3.63) is 0 Å². The summed E-state index contributed by atoms with van der Waals surface area (Å²) in [6.45, 7) is 6.51. The summed E-state index contributed by atoms with van der Waals surface area (Å²) < 4.78 is 0. The lowest BCUT2D eigenvalue weighted by Crippen LogP contribution is -2.09. The maximum atomic E-state index is 5.92. The van der Waals surface area contributed by atoms with E-state index in [1.54, 1.807) is 0 Å². The summed E-state index contributed by atoms with van der Waals surface area (Å²) in [5, 5.41) is 0.356. The van der Waals surface area contributed by atoms with Crippen LogP contribution in [0.4, 0.5) is 0 Å². The van der Waals surface area contributed by atoms with Crippen LogP contribution in [-0.4, -0.2) is 5.38 Å². The molecule has 0 saturated heterocycles. The van der Waals surface area contributed by atoms with E-state index in [0.29, 0.717) is 5.38 Å². The van der Waals surface area contributed by atoms with Gasteiger partial charge in [0.1, 0.15) is 0 Å². The van der Waals surface area contributed by atoms with Crippen LogP contribution >= 0.6 is 11.6 Å². The van der Waals surface area contributed by atoms with Crippen molar-refractivity contribution in [2.45, 2.75) is 45.4 Å². The highest BCUT2D eigenvalue weighted by Crippen LogP contribution is 2.19. The van der Waals surface area contributed by atoms with E-state index in [2.05, 4.69) is 20.8 Å². The van der Waals surface area contributed by atoms with Crippen molar-refractivity contribution in [2.24, 2.45) is 5.92 Å². The van der Waals surface area contributed by atoms with E-state index >= 15 is 0 Å². The molecule has 2 unspecified atom stereocenters. The van der Waals surface area contributed by atoms with Crippen LogP contribution in [-0.2, 0) is 0 Å². The third-order valence-corrected chi connectivity index (χ3v) is 2.19. The summed E-state index contributed by atoms with van der Waals surface area (Å²) in [6.07, 6.45) is 3.76. The highest BCUT2D eigenvalue weighted by Gasteiger charge is 2.10. The highest BCUT2D eigenvalue weighted by molar-refractivity contribution is 6.20. The minimum atomic E-state index is 0.356. The van der Waals surface area contributed by atoms with E-state index in [1.807, 2.05) is 0 Å². The van der Waals surface area contributed by atoms with Crippen LogP contribution in [0, 0.1) is 5.92 Å². The Balaban J connectivity index is 3.41. The molecule has 0 aliphatic carbocycles. The molecule has 0 aromatic heterocycles. The Labute approximate surface area is 63.6 Å². The van der Waals surface area contributed by atoms with Gasteiger partial charge in [-0.15, -0.1) is 11.6 Å². The minimum absolute atomic E-state index is 0.356. The molecule has 0 aromatic carbocycles. The lowest BCUT2D eigenvalue weighted by molar-refractivity contribution is 0.457. The van der Waals surface area contributed by atoms with Crippen molar-refractivity contribution in [1.82, 2.24) is 0 Å². The lowest BCUT2D eigenvalue weighted by Gasteiger charge is -2.15. The van der Waals surface area contributed by atoms with Crippen LogP contribution in [0.1, 0.15) is 40.0 Å². The topological polar surface area (TPSA) is 0 Å². The quantitative estimate of drug-likeness (QED) is 0.536. The fraction of sp³-hybridized carbons (Fsp3) is 1.00. The molecule has 0 heterocycles. The zero-order valence-corrected chi connectivity index (χ0v) is 7.41. The first-order chi connectivity index (χ1) is 4.22. The molecular formula is C8H17Cl. The van der Waals surface area contributed by atoms with Gasteiger partial charge in [-0.05, 0) is 19.3 Å². The summed E-state index contributed by atoms with van der Waals surface area (Å²) in [5.74, 6) is 0.733. The van der Waals surface area contributed by atoms with Crippen LogP contribution in [0.25, 0.3) is 0 Å². The number of rotatable bonds is 4. The zero-order valence-electron chi connectivity index (χ0n) is 6.65. The van der Waals surface area contributed by atoms with E-state index < -0.39 is 0 Å². The summed E-state index contributed by atoms with van der Waals surface area (Å²) in [4.78, 5) is 0. The maximum absolute atomic E-state index is 5.92. The van der Waals surface area contributed by atoms with Gasteiger partial charge in [-0.2, -0.15) is 0 Å². The van der Waals surface area contributed by atoms with E-state index in [1.165, 1.54) is 19.3 Å². The summed E-state index contributed by atoms with van der Waals surface area (Å²) in [5.41, 5.74) is 0. The average molecular weight is 149 g/mol. The maximum Gasteiger partial charge on any atom is 0.0335 e. The first-order valence-electron chi connectivity index (χ1n) is 3.86. The predicted octanol–water partition coefficient (Wildman–Crippen LogP) is 3.44. The summed E-state index contributed by atoms with van der Waals surface area (Å²) in [6, 6.07) is 0. The summed E-state index contributed by atoms with van der Waals surface area (Å²) in [7, 11) is 0. The molecule has 56 valence electrons. The van der Waals surface area contributed by atoms with Gasteiger partial charge in [0.2, 0.25) is 0 Å². The normalized spacial score (nSPS) is 17.3. The standard InChI is InChI=1S/C8H17Cl/c1-4-6-8(5-2)7(3)9/h7-8H,4-6H2,1-3H3. The highest BCUT2D eigenvalue weighted by atomic mass is 35.5. The Bertz CT molecular complexity index is 59.6. The van der Waals surface area contributed by atoms with Crippen molar-refractivity contribution in [3.8, 4) is 0 Å². The third kappa shape index (κ3) is 3.80. The van der Waals surface area contributed by atoms with Gasteiger partial charge >= 0.3 is 0 Å². The van der Waals surface area contributed by atoms with E-state index in [4.69, 9.17) is 11.6 Å². The Morgan fingerprint density at radius 1 is 1.33 bits per heavy atom. The van der Waals surface area contributed by atoms with Crippen LogP contribution in [0.2, 0.25) is 0 Å². The molecule has 0 N–H and O–H groups in total. The molecule has 0 aromatic rings. The van der Waals surface area contributed by atoms with E-state index in [0.717, 1.165) is 5.92 Å². The SMILES string of the molecule is CCCC(CC)C(C)Cl.